The van der Waals surface area contributed by atoms with Crippen LogP contribution in [0.3, 0.4) is 0 Å². The van der Waals surface area contributed by atoms with E-state index >= 15 is 0 Å². The van der Waals surface area contributed by atoms with Crippen molar-refractivity contribution in [3.8, 4) is 17.2 Å². The molecule has 1 aliphatic carbocycles. The highest BCUT2D eigenvalue weighted by molar-refractivity contribution is 7.99. The first-order chi connectivity index (χ1) is 17.0. The highest BCUT2D eigenvalue weighted by Gasteiger charge is 2.44. The molecule has 1 aliphatic heterocycles. The Balaban J connectivity index is 1.67. The van der Waals surface area contributed by atoms with Crippen molar-refractivity contribution in [1.82, 2.24) is 9.97 Å². The van der Waals surface area contributed by atoms with Crippen LogP contribution in [0.5, 0.6) is 0 Å². The van der Waals surface area contributed by atoms with Gasteiger partial charge < -0.3 is 25.2 Å². The third-order valence-corrected chi connectivity index (χ3v) is 7.94. The molecule has 0 bridgehead atoms. The average molecular weight is 494 g/mol. The van der Waals surface area contributed by atoms with Crippen LogP contribution in [0.15, 0.2) is 41.6 Å². The standard InChI is InChI=1S/C26H27N3O5S/c27-12-17-21(15-10-11-28-18-8-5-4-6-14(15)18)16-7-2-1-3-9-19(16)29-25(17)35-26-24(33)23(32)22(31)20(13-30)34-26/h4-6,8,10-11,20,22-24,26,30-33H,1-3,7,9,13H2/t20-,22-,23+,24-,26+/m1/s1. The summed E-state index contributed by atoms with van der Waals surface area (Å²) in [5.74, 6) is 0. The second kappa shape index (κ2) is 10.2. The number of aryl methyl sites for hydroxylation is 1. The molecule has 2 aliphatic rings. The second-order valence-electron chi connectivity index (χ2n) is 8.96. The molecular formula is C26H27N3O5S. The van der Waals surface area contributed by atoms with E-state index < -0.39 is 36.5 Å². The van der Waals surface area contributed by atoms with E-state index in [4.69, 9.17) is 9.72 Å². The van der Waals surface area contributed by atoms with Gasteiger partial charge in [-0.1, -0.05) is 36.4 Å². The van der Waals surface area contributed by atoms with E-state index in [9.17, 15) is 25.7 Å². The van der Waals surface area contributed by atoms with E-state index in [2.05, 4.69) is 11.1 Å². The number of benzene rings is 1. The van der Waals surface area contributed by atoms with Crippen LogP contribution in [-0.4, -0.2) is 66.9 Å². The van der Waals surface area contributed by atoms with E-state index in [-0.39, 0.29) is 0 Å². The van der Waals surface area contributed by atoms with Crippen molar-refractivity contribution >= 4 is 22.7 Å². The van der Waals surface area contributed by atoms with Crippen LogP contribution >= 0.6 is 11.8 Å². The van der Waals surface area contributed by atoms with Gasteiger partial charge in [0.05, 0.1) is 17.7 Å². The van der Waals surface area contributed by atoms with Crippen molar-refractivity contribution in [2.45, 2.75) is 67.0 Å². The molecule has 0 radical (unpaired) electrons. The van der Waals surface area contributed by atoms with Crippen molar-refractivity contribution in [3.05, 3.63) is 53.3 Å². The van der Waals surface area contributed by atoms with Gasteiger partial charge in [-0.2, -0.15) is 5.26 Å². The highest BCUT2D eigenvalue weighted by atomic mass is 32.2. The Morgan fingerprint density at radius 1 is 1.03 bits per heavy atom. The van der Waals surface area contributed by atoms with Crippen molar-refractivity contribution in [1.29, 1.82) is 5.26 Å². The molecule has 2 aromatic heterocycles. The minimum atomic E-state index is -1.49. The Bertz CT molecular complexity index is 1270. The summed E-state index contributed by atoms with van der Waals surface area (Å²) in [5, 5.41) is 52.3. The Hall–Kier alpha value is -2.58. The minimum Gasteiger partial charge on any atom is -0.394 e. The average Bonchev–Trinajstić information content (AvgIpc) is 3.13. The topological polar surface area (TPSA) is 140 Å². The number of nitrogens with zero attached hydrogens (tertiary/aromatic N) is 3. The number of aliphatic hydroxyl groups excluding tert-OH is 4. The van der Waals surface area contributed by atoms with Crippen LogP contribution < -0.4 is 0 Å². The van der Waals surface area contributed by atoms with Gasteiger partial charge in [-0.05, 0) is 48.9 Å². The monoisotopic (exact) mass is 493 g/mol. The zero-order valence-corrected chi connectivity index (χ0v) is 19.9. The summed E-state index contributed by atoms with van der Waals surface area (Å²) >= 11 is 1.04. The lowest BCUT2D eigenvalue weighted by atomic mass is 9.90. The van der Waals surface area contributed by atoms with E-state index in [0.29, 0.717) is 10.6 Å². The molecule has 3 heterocycles. The zero-order chi connectivity index (χ0) is 24.5. The predicted molar refractivity (Wildman–Crippen MR) is 131 cm³/mol. The first-order valence-corrected chi connectivity index (χ1v) is 12.7. The van der Waals surface area contributed by atoms with Gasteiger partial charge in [-0.15, -0.1) is 0 Å². The first-order valence-electron chi connectivity index (χ1n) is 11.8. The lowest BCUT2D eigenvalue weighted by Gasteiger charge is -2.39. The Morgan fingerprint density at radius 3 is 2.63 bits per heavy atom. The fraction of sp³-hybridized carbons (Fsp3) is 0.423. The molecule has 1 fully saturated rings. The molecule has 5 atom stereocenters. The van der Waals surface area contributed by atoms with Crippen molar-refractivity contribution in [2.75, 3.05) is 6.61 Å². The summed E-state index contributed by atoms with van der Waals surface area (Å²) in [6.45, 7) is -0.515. The number of nitriles is 1. The quantitative estimate of drug-likeness (QED) is 0.403. The molecule has 0 spiro atoms. The number of hydrogen-bond donors (Lipinski definition) is 4. The van der Waals surface area contributed by atoms with Gasteiger partial charge in [-0.25, -0.2) is 4.98 Å². The maximum absolute atomic E-state index is 10.6. The number of para-hydroxylation sites is 1. The number of aliphatic hydroxyl groups is 4. The van der Waals surface area contributed by atoms with Crippen LogP contribution in [0.25, 0.3) is 22.0 Å². The van der Waals surface area contributed by atoms with E-state index in [1.807, 2.05) is 30.3 Å². The first kappa shape index (κ1) is 24.1. The number of ether oxygens (including phenoxy) is 1. The van der Waals surface area contributed by atoms with Crippen LogP contribution in [0.2, 0.25) is 0 Å². The summed E-state index contributed by atoms with van der Waals surface area (Å²) < 4.78 is 5.71. The summed E-state index contributed by atoms with van der Waals surface area (Å²) in [4.78, 5) is 9.34. The third-order valence-electron chi connectivity index (χ3n) is 6.80. The maximum atomic E-state index is 10.6. The van der Waals surface area contributed by atoms with E-state index in [1.165, 1.54) is 0 Å². The molecule has 8 nitrogen and oxygen atoms in total. The zero-order valence-electron chi connectivity index (χ0n) is 19.0. The Kier molecular flexibility index (Phi) is 7.02. The summed E-state index contributed by atoms with van der Waals surface area (Å²) in [5.41, 5.74) is 3.91. The third kappa shape index (κ3) is 4.42. The molecule has 5 rings (SSSR count). The second-order valence-corrected chi connectivity index (χ2v) is 10.0. The van der Waals surface area contributed by atoms with Crippen molar-refractivity contribution in [3.63, 3.8) is 0 Å². The van der Waals surface area contributed by atoms with Gasteiger partial charge in [0.2, 0.25) is 0 Å². The van der Waals surface area contributed by atoms with Crippen LogP contribution in [0.1, 0.15) is 36.1 Å². The highest BCUT2D eigenvalue weighted by Crippen LogP contribution is 2.42. The van der Waals surface area contributed by atoms with E-state index in [1.54, 1.807) is 6.20 Å². The smallest absolute Gasteiger partial charge is 0.138 e. The molecule has 0 unspecified atom stereocenters. The summed E-state index contributed by atoms with van der Waals surface area (Å²) in [7, 11) is 0. The Labute approximate surface area is 207 Å². The molecule has 1 aromatic carbocycles. The number of rotatable bonds is 4. The minimum absolute atomic E-state index is 0.379. The van der Waals surface area contributed by atoms with Crippen LogP contribution in [-0.2, 0) is 17.6 Å². The Morgan fingerprint density at radius 2 is 1.83 bits per heavy atom. The number of hydrogen-bond acceptors (Lipinski definition) is 9. The molecule has 182 valence electrons. The van der Waals surface area contributed by atoms with Crippen LogP contribution in [0.4, 0.5) is 0 Å². The van der Waals surface area contributed by atoms with Crippen molar-refractivity contribution < 1.29 is 25.2 Å². The number of aromatic nitrogens is 2. The van der Waals surface area contributed by atoms with Gasteiger partial charge in [-0.3, -0.25) is 4.98 Å². The summed E-state index contributed by atoms with van der Waals surface area (Å²) in [6.07, 6.45) is 1.02. The molecule has 3 aromatic rings. The van der Waals surface area contributed by atoms with Gasteiger partial charge in [0.1, 0.15) is 40.9 Å². The lowest BCUT2D eigenvalue weighted by molar-refractivity contribution is -0.205. The molecule has 1 saturated heterocycles. The molecule has 4 N–H and O–H groups in total. The number of pyridine rings is 2. The summed E-state index contributed by atoms with van der Waals surface area (Å²) in [6, 6.07) is 12.1. The number of fused-ring (bicyclic) bond motifs is 2. The van der Waals surface area contributed by atoms with Gasteiger partial charge in [0.25, 0.3) is 0 Å². The fourth-order valence-corrected chi connectivity index (χ4v) is 6.12. The molecule has 35 heavy (non-hydrogen) atoms. The molecular weight excluding hydrogens is 466 g/mol. The maximum Gasteiger partial charge on any atom is 0.138 e. The van der Waals surface area contributed by atoms with Crippen molar-refractivity contribution in [2.24, 2.45) is 0 Å². The van der Waals surface area contributed by atoms with E-state index in [0.717, 1.165) is 77.2 Å². The molecule has 0 saturated carbocycles. The van der Waals surface area contributed by atoms with Crippen LogP contribution in [0, 0.1) is 11.3 Å². The molecule has 9 heteroatoms. The number of thioether (sulfide) groups is 1. The van der Waals surface area contributed by atoms with Gasteiger partial charge in [0, 0.05) is 22.8 Å². The van der Waals surface area contributed by atoms with Gasteiger partial charge >= 0.3 is 0 Å². The normalized spacial score (nSPS) is 26.7. The largest absolute Gasteiger partial charge is 0.394 e. The van der Waals surface area contributed by atoms with Gasteiger partial charge in [0.15, 0.2) is 0 Å². The lowest BCUT2D eigenvalue weighted by Crippen LogP contribution is -2.57. The SMILES string of the molecule is N#Cc1c(S[C@@H]2O[C@H](CO)[C@@H](O)[C@H](O)[C@H]2O)nc2c(c1-c1ccnc3ccccc13)CCCCC2. The molecule has 0 amide bonds. The predicted octanol–water partition coefficient (Wildman–Crippen LogP) is 2.33. The fourth-order valence-electron chi connectivity index (χ4n) is 4.97.